The minimum atomic E-state index is -0.0918. The van der Waals surface area contributed by atoms with Gasteiger partial charge in [-0.3, -0.25) is 4.79 Å². The number of rotatable bonds is 7. The molecule has 1 amide bonds. The van der Waals surface area contributed by atoms with Crippen molar-refractivity contribution >= 4 is 22.9 Å². The van der Waals surface area contributed by atoms with Crippen LogP contribution in [0.15, 0.2) is 53.9 Å². The summed E-state index contributed by atoms with van der Waals surface area (Å²) >= 11 is 1.59. The predicted octanol–water partition coefficient (Wildman–Crippen LogP) is 4.40. The van der Waals surface area contributed by atoms with Crippen LogP contribution in [0.4, 0.5) is 5.69 Å². The van der Waals surface area contributed by atoms with Crippen molar-refractivity contribution in [3.8, 4) is 22.1 Å². The first-order valence-corrected chi connectivity index (χ1v) is 9.09. The molecule has 134 valence electrons. The Balaban J connectivity index is 1.61. The average Bonchev–Trinajstić information content (AvgIpc) is 3.16. The van der Waals surface area contributed by atoms with Crippen LogP contribution in [0.2, 0.25) is 0 Å². The summed E-state index contributed by atoms with van der Waals surface area (Å²) in [4.78, 5) is 16.9. The lowest BCUT2D eigenvalue weighted by molar-refractivity contribution is -0.116. The number of hydrogen-bond acceptors (Lipinski definition) is 5. The van der Waals surface area contributed by atoms with Gasteiger partial charge in [-0.2, -0.15) is 0 Å². The Bertz CT molecular complexity index is 878. The van der Waals surface area contributed by atoms with Gasteiger partial charge in [0, 0.05) is 23.4 Å². The molecule has 1 aromatic heterocycles. The first-order chi connectivity index (χ1) is 12.7. The summed E-state index contributed by atoms with van der Waals surface area (Å²) in [6.45, 7) is 0. The Morgan fingerprint density at radius 2 is 1.92 bits per heavy atom. The summed E-state index contributed by atoms with van der Waals surface area (Å²) in [6.07, 6.45) is 0.930. The van der Waals surface area contributed by atoms with Gasteiger partial charge in [-0.25, -0.2) is 4.98 Å². The first-order valence-electron chi connectivity index (χ1n) is 8.21. The summed E-state index contributed by atoms with van der Waals surface area (Å²) < 4.78 is 10.5. The van der Waals surface area contributed by atoms with Gasteiger partial charge in [-0.05, 0) is 18.6 Å². The molecule has 0 saturated carbocycles. The average molecular weight is 368 g/mol. The number of thiazole rings is 1. The SMILES string of the molecule is COc1ccc(OC)c(NC(=O)CCc2csc(-c3ccccc3)n2)c1. The van der Waals surface area contributed by atoms with Crippen molar-refractivity contribution in [2.75, 3.05) is 19.5 Å². The maximum Gasteiger partial charge on any atom is 0.224 e. The lowest BCUT2D eigenvalue weighted by Crippen LogP contribution is -2.13. The monoisotopic (exact) mass is 368 g/mol. The molecule has 0 aliphatic heterocycles. The lowest BCUT2D eigenvalue weighted by Gasteiger charge is -2.11. The largest absolute Gasteiger partial charge is 0.497 e. The molecule has 6 heteroatoms. The highest BCUT2D eigenvalue weighted by atomic mass is 32.1. The highest BCUT2D eigenvalue weighted by Gasteiger charge is 2.11. The number of aryl methyl sites for hydroxylation is 1. The summed E-state index contributed by atoms with van der Waals surface area (Å²) in [5.74, 6) is 1.16. The van der Waals surface area contributed by atoms with E-state index in [0.29, 0.717) is 30.0 Å². The van der Waals surface area contributed by atoms with Crippen LogP contribution >= 0.6 is 11.3 Å². The Morgan fingerprint density at radius 1 is 1.12 bits per heavy atom. The number of methoxy groups -OCH3 is 2. The van der Waals surface area contributed by atoms with Crippen molar-refractivity contribution in [3.05, 3.63) is 59.6 Å². The second kappa shape index (κ2) is 8.49. The molecule has 0 atom stereocenters. The smallest absolute Gasteiger partial charge is 0.224 e. The van der Waals surface area contributed by atoms with E-state index in [1.807, 2.05) is 35.7 Å². The van der Waals surface area contributed by atoms with E-state index < -0.39 is 0 Å². The van der Waals surface area contributed by atoms with E-state index in [2.05, 4.69) is 10.3 Å². The van der Waals surface area contributed by atoms with Crippen LogP contribution in [-0.2, 0) is 11.2 Å². The first kappa shape index (κ1) is 17.9. The number of nitrogens with one attached hydrogen (secondary N) is 1. The molecule has 5 nitrogen and oxygen atoms in total. The Morgan fingerprint density at radius 3 is 2.65 bits per heavy atom. The predicted molar refractivity (Wildman–Crippen MR) is 104 cm³/mol. The molecular weight excluding hydrogens is 348 g/mol. The van der Waals surface area contributed by atoms with Crippen LogP contribution in [0.1, 0.15) is 12.1 Å². The van der Waals surface area contributed by atoms with Crippen LogP contribution in [0.25, 0.3) is 10.6 Å². The number of hydrogen-bond donors (Lipinski definition) is 1. The van der Waals surface area contributed by atoms with Gasteiger partial charge in [-0.15, -0.1) is 11.3 Å². The number of amides is 1. The highest BCUT2D eigenvalue weighted by molar-refractivity contribution is 7.13. The zero-order valence-electron chi connectivity index (χ0n) is 14.7. The summed E-state index contributed by atoms with van der Waals surface area (Å²) in [5.41, 5.74) is 2.61. The van der Waals surface area contributed by atoms with Crippen LogP contribution in [-0.4, -0.2) is 25.1 Å². The van der Waals surface area contributed by atoms with Crippen LogP contribution in [0.5, 0.6) is 11.5 Å². The molecule has 2 aromatic carbocycles. The number of nitrogens with zero attached hydrogens (tertiary/aromatic N) is 1. The highest BCUT2D eigenvalue weighted by Crippen LogP contribution is 2.29. The summed E-state index contributed by atoms with van der Waals surface area (Å²) in [6, 6.07) is 15.3. The Labute approximate surface area is 156 Å². The minimum Gasteiger partial charge on any atom is -0.497 e. The van der Waals surface area contributed by atoms with Crippen LogP contribution in [0, 0.1) is 0 Å². The van der Waals surface area contributed by atoms with Crippen LogP contribution < -0.4 is 14.8 Å². The van der Waals surface area contributed by atoms with Crippen molar-refractivity contribution in [2.24, 2.45) is 0 Å². The number of carbonyl (C=O) groups excluding carboxylic acids is 1. The molecule has 0 aliphatic rings. The molecule has 0 fully saturated rings. The Kier molecular flexibility index (Phi) is 5.86. The molecule has 0 bridgehead atoms. The number of benzene rings is 2. The maximum absolute atomic E-state index is 12.3. The van der Waals surface area contributed by atoms with Gasteiger partial charge in [-0.1, -0.05) is 30.3 Å². The van der Waals surface area contributed by atoms with E-state index in [1.54, 1.807) is 43.8 Å². The van der Waals surface area contributed by atoms with E-state index in [1.165, 1.54) is 0 Å². The second-order valence-corrected chi connectivity index (χ2v) is 6.48. The molecule has 0 spiro atoms. The minimum absolute atomic E-state index is 0.0918. The van der Waals surface area contributed by atoms with Gasteiger partial charge in [0.15, 0.2) is 0 Å². The van der Waals surface area contributed by atoms with E-state index in [-0.39, 0.29) is 5.91 Å². The number of carbonyl (C=O) groups is 1. The standard InChI is InChI=1S/C20H20N2O3S/c1-24-16-9-10-18(25-2)17(12-16)22-19(23)11-8-15-13-26-20(21-15)14-6-4-3-5-7-14/h3-7,9-10,12-13H,8,11H2,1-2H3,(H,22,23). The van der Waals surface area contributed by atoms with Gasteiger partial charge >= 0.3 is 0 Å². The summed E-state index contributed by atoms with van der Waals surface area (Å²) in [5, 5.41) is 5.85. The number of aromatic nitrogens is 1. The molecule has 0 unspecified atom stereocenters. The van der Waals surface area contributed by atoms with Crippen molar-refractivity contribution in [1.82, 2.24) is 4.98 Å². The number of ether oxygens (including phenoxy) is 2. The van der Waals surface area contributed by atoms with E-state index >= 15 is 0 Å². The molecule has 1 N–H and O–H groups in total. The molecule has 0 radical (unpaired) electrons. The molecule has 0 saturated heterocycles. The third-order valence-electron chi connectivity index (χ3n) is 3.86. The maximum atomic E-state index is 12.3. The van der Waals surface area contributed by atoms with Gasteiger partial charge in [0.05, 0.1) is 25.6 Å². The fraction of sp³-hybridized carbons (Fsp3) is 0.200. The Hall–Kier alpha value is -2.86. The molecule has 3 rings (SSSR count). The number of anilines is 1. The molecule has 26 heavy (non-hydrogen) atoms. The fourth-order valence-corrected chi connectivity index (χ4v) is 3.36. The van der Waals surface area contributed by atoms with Crippen molar-refractivity contribution < 1.29 is 14.3 Å². The van der Waals surface area contributed by atoms with Crippen molar-refractivity contribution in [1.29, 1.82) is 0 Å². The van der Waals surface area contributed by atoms with Gasteiger partial charge < -0.3 is 14.8 Å². The lowest BCUT2D eigenvalue weighted by atomic mass is 10.2. The normalized spacial score (nSPS) is 10.4. The fourth-order valence-electron chi connectivity index (χ4n) is 2.50. The van der Waals surface area contributed by atoms with Gasteiger partial charge in [0.2, 0.25) is 5.91 Å². The third-order valence-corrected chi connectivity index (χ3v) is 4.80. The summed E-state index contributed by atoms with van der Waals surface area (Å²) in [7, 11) is 3.15. The zero-order chi connectivity index (χ0) is 18.4. The van der Waals surface area contributed by atoms with Gasteiger partial charge in [0.25, 0.3) is 0 Å². The van der Waals surface area contributed by atoms with E-state index in [4.69, 9.17) is 9.47 Å². The molecule has 0 aliphatic carbocycles. The molecule has 1 heterocycles. The topological polar surface area (TPSA) is 60.5 Å². The van der Waals surface area contributed by atoms with Crippen LogP contribution in [0.3, 0.4) is 0 Å². The molecule has 3 aromatic rings. The molecular formula is C20H20N2O3S. The van der Waals surface area contributed by atoms with E-state index in [9.17, 15) is 4.79 Å². The second-order valence-electron chi connectivity index (χ2n) is 5.62. The zero-order valence-corrected chi connectivity index (χ0v) is 15.5. The quantitative estimate of drug-likeness (QED) is 0.671. The van der Waals surface area contributed by atoms with Gasteiger partial charge in [0.1, 0.15) is 16.5 Å². The van der Waals surface area contributed by atoms with Crippen molar-refractivity contribution in [3.63, 3.8) is 0 Å². The van der Waals surface area contributed by atoms with E-state index in [0.717, 1.165) is 16.3 Å². The third kappa shape index (κ3) is 4.40. The van der Waals surface area contributed by atoms with Crippen molar-refractivity contribution in [2.45, 2.75) is 12.8 Å².